The van der Waals surface area contributed by atoms with Gasteiger partial charge in [0.25, 0.3) is 5.91 Å². The Balaban J connectivity index is 1.46. The van der Waals surface area contributed by atoms with Crippen LogP contribution in [0.25, 0.3) is 0 Å². The summed E-state index contributed by atoms with van der Waals surface area (Å²) in [6.45, 7) is 7.31. The molecule has 0 saturated carbocycles. The molecule has 1 atom stereocenters. The average Bonchev–Trinajstić information content (AvgIpc) is 3.32. The molecule has 0 aliphatic carbocycles. The van der Waals surface area contributed by atoms with Crippen LogP contribution in [0.2, 0.25) is 0 Å². The summed E-state index contributed by atoms with van der Waals surface area (Å²) in [7, 11) is 1.85. The van der Waals surface area contributed by atoms with E-state index in [0.29, 0.717) is 45.0 Å². The lowest BCUT2D eigenvalue weighted by Gasteiger charge is -2.29. The highest BCUT2D eigenvalue weighted by atomic mass is 16.5. The third-order valence-corrected chi connectivity index (χ3v) is 6.27. The zero-order valence-electron chi connectivity index (χ0n) is 19.1. The summed E-state index contributed by atoms with van der Waals surface area (Å²) in [5.41, 5.74) is 3.76. The third-order valence-electron chi connectivity index (χ3n) is 6.27. The molecule has 170 valence electrons. The molecule has 8 nitrogen and oxygen atoms in total. The zero-order chi connectivity index (χ0) is 22.7. The number of rotatable bonds is 6. The van der Waals surface area contributed by atoms with Crippen molar-refractivity contribution in [2.75, 3.05) is 38.6 Å². The van der Waals surface area contributed by atoms with E-state index in [9.17, 15) is 9.59 Å². The van der Waals surface area contributed by atoms with Gasteiger partial charge < -0.3 is 19.9 Å². The zero-order valence-corrected chi connectivity index (χ0v) is 19.1. The first kappa shape index (κ1) is 22.2. The third kappa shape index (κ3) is 4.60. The van der Waals surface area contributed by atoms with Gasteiger partial charge in [-0.3, -0.25) is 9.59 Å². The van der Waals surface area contributed by atoms with Crippen molar-refractivity contribution >= 4 is 17.6 Å². The van der Waals surface area contributed by atoms with Crippen LogP contribution in [0.4, 0.5) is 5.82 Å². The van der Waals surface area contributed by atoms with Gasteiger partial charge in [0.1, 0.15) is 11.6 Å². The Morgan fingerprint density at radius 3 is 2.62 bits per heavy atom. The topological polar surface area (TPSA) is 87.7 Å². The molecule has 4 rings (SSSR count). The molecule has 1 N–H and O–H groups in total. The maximum absolute atomic E-state index is 13.0. The minimum absolute atomic E-state index is 0.0411. The van der Waals surface area contributed by atoms with E-state index >= 15 is 0 Å². The van der Waals surface area contributed by atoms with Crippen LogP contribution in [0.15, 0.2) is 24.3 Å². The van der Waals surface area contributed by atoms with Crippen molar-refractivity contribution in [2.24, 2.45) is 0 Å². The van der Waals surface area contributed by atoms with Crippen LogP contribution in [0.1, 0.15) is 59.2 Å². The van der Waals surface area contributed by atoms with Crippen molar-refractivity contribution in [2.45, 2.75) is 45.8 Å². The average molecular weight is 438 g/mol. The van der Waals surface area contributed by atoms with Gasteiger partial charge in [0.05, 0.1) is 18.8 Å². The molecule has 2 amide bonds. The predicted molar refractivity (Wildman–Crippen MR) is 121 cm³/mol. The van der Waals surface area contributed by atoms with Crippen LogP contribution in [0, 0.1) is 0 Å². The minimum atomic E-state index is 0.0411. The Morgan fingerprint density at radius 1 is 1.16 bits per heavy atom. The summed E-state index contributed by atoms with van der Waals surface area (Å²) >= 11 is 0. The molecule has 1 aromatic carbocycles. The van der Waals surface area contributed by atoms with Crippen molar-refractivity contribution in [1.29, 1.82) is 0 Å². The second-order valence-electron chi connectivity index (χ2n) is 8.37. The molecule has 0 unspecified atom stereocenters. The van der Waals surface area contributed by atoms with Crippen LogP contribution in [0.5, 0.6) is 0 Å². The minimum Gasteiger partial charge on any atom is -0.377 e. The second-order valence-corrected chi connectivity index (χ2v) is 8.37. The fourth-order valence-electron chi connectivity index (χ4n) is 4.39. The molecule has 32 heavy (non-hydrogen) atoms. The first-order valence-electron chi connectivity index (χ1n) is 11.3. The Bertz CT molecular complexity index is 975. The number of ether oxygens (including phenoxy) is 1. The van der Waals surface area contributed by atoms with Gasteiger partial charge in [0.15, 0.2) is 0 Å². The van der Waals surface area contributed by atoms with Crippen LogP contribution in [-0.4, -0.2) is 64.9 Å². The lowest BCUT2D eigenvalue weighted by atomic mass is 10.0. The summed E-state index contributed by atoms with van der Waals surface area (Å²) in [6, 6.07) is 7.65. The standard InChI is InChI=1S/C24H31N5O3/c1-4-32-15-17-5-7-18(8-6-17)24(31)29-11-9-19(13-29)22-26-21-10-12-28(16(2)30)14-20(21)23(25-3)27-22/h5-8,19H,4,9-15H2,1-3H3,(H,25,26,27)/t19-/m1/s1. The van der Waals surface area contributed by atoms with Crippen LogP contribution in [-0.2, 0) is 29.1 Å². The van der Waals surface area contributed by atoms with Crippen LogP contribution >= 0.6 is 0 Å². The highest BCUT2D eigenvalue weighted by molar-refractivity contribution is 5.94. The Hall–Kier alpha value is -3.00. The molecule has 0 radical (unpaired) electrons. The number of hydrogen-bond donors (Lipinski definition) is 1. The second kappa shape index (κ2) is 9.65. The quantitative estimate of drug-likeness (QED) is 0.747. The van der Waals surface area contributed by atoms with Gasteiger partial charge in [0.2, 0.25) is 5.91 Å². The first-order valence-corrected chi connectivity index (χ1v) is 11.3. The van der Waals surface area contributed by atoms with E-state index in [1.165, 1.54) is 0 Å². The van der Waals surface area contributed by atoms with Gasteiger partial charge in [0, 0.05) is 63.7 Å². The summed E-state index contributed by atoms with van der Waals surface area (Å²) in [4.78, 5) is 38.1. The fraction of sp³-hybridized carbons (Fsp3) is 0.500. The molecule has 1 saturated heterocycles. The number of likely N-dealkylation sites (tertiary alicyclic amines) is 1. The lowest BCUT2D eigenvalue weighted by Crippen LogP contribution is -2.35. The van der Waals surface area contributed by atoms with Crippen molar-refractivity contribution in [1.82, 2.24) is 19.8 Å². The molecule has 0 spiro atoms. The largest absolute Gasteiger partial charge is 0.377 e. The van der Waals surface area contributed by atoms with E-state index in [2.05, 4.69) is 5.32 Å². The van der Waals surface area contributed by atoms with Crippen molar-refractivity contribution < 1.29 is 14.3 Å². The number of hydrogen-bond acceptors (Lipinski definition) is 6. The van der Waals surface area contributed by atoms with Crippen molar-refractivity contribution in [3.8, 4) is 0 Å². The molecule has 0 bridgehead atoms. The molecular weight excluding hydrogens is 406 g/mol. The number of nitrogens with zero attached hydrogens (tertiary/aromatic N) is 4. The van der Waals surface area contributed by atoms with E-state index in [0.717, 1.165) is 41.3 Å². The van der Waals surface area contributed by atoms with Crippen molar-refractivity contribution in [3.63, 3.8) is 0 Å². The number of carbonyl (C=O) groups excluding carboxylic acids is 2. The number of amides is 2. The fourth-order valence-corrected chi connectivity index (χ4v) is 4.39. The summed E-state index contributed by atoms with van der Waals surface area (Å²) in [5, 5.41) is 3.18. The van der Waals surface area contributed by atoms with Gasteiger partial charge in [-0.2, -0.15) is 0 Å². The highest BCUT2D eigenvalue weighted by Gasteiger charge is 2.32. The molecule has 2 aliphatic rings. The Labute approximate surface area is 189 Å². The van der Waals surface area contributed by atoms with E-state index in [-0.39, 0.29) is 17.7 Å². The Morgan fingerprint density at radius 2 is 1.94 bits per heavy atom. The van der Waals surface area contributed by atoms with E-state index in [4.69, 9.17) is 14.7 Å². The normalized spacial score (nSPS) is 17.9. The summed E-state index contributed by atoms with van der Waals surface area (Å²) in [5.74, 6) is 1.79. The van der Waals surface area contributed by atoms with Gasteiger partial charge >= 0.3 is 0 Å². The van der Waals surface area contributed by atoms with E-state index < -0.39 is 0 Å². The maximum atomic E-state index is 13.0. The molecule has 2 aromatic rings. The van der Waals surface area contributed by atoms with Gasteiger partial charge in [-0.25, -0.2) is 9.97 Å². The highest BCUT2D eigenvalue weighted by Crippen LogP contribution is 2.30. The van der Waals surface area contributed by atoms with E-state index in [1.54, 1.807) is 6.92 Å². The Kier molecular flexibility index (Phi) is 6.69. The summed E-state index contributed by atoms with van der Waals surface area (Å²) in [6.07, 6.45) is 1.57. The van der Waals surface area contributed by atoms with Crippen molar-refractivity contribution in [3.05, 3.63) is 52.5 Å². The molecule has 8 heteroatoms. The van der Waals surface area contributed by atoms with Gasteiger partial charge in [-0.1, -0.05) is 12.1 Å². The van der Waals surface area contributed by atoms with Gasteiger partial charge in [-0.05, 0) is 31.0 Å². The molecular formula is C24H31N5O3. The summed E-state index contributed by atoms with van der Waals surface area (Å²) < 4.78 is 5.42. The van der Waals surface area contributed by atoms with E-state index in [1.807, 2.05) is 48.0 Å². The molecule has 3 heterocycles. The SMILES string of the molecule is CCOCc1ccc(C(=O)N2CC[C@@H](c3nc4c(c(NC)n3)CN(C(C)=O)CC4)C2)cc1. The smallest absolute Gasteiger partial charge is 0.253 e. The number of benzene rings is 1. The number of anilines is 1. The number of carbonyl (C=O) groups is 2. The predicted octanol–water partition coefficient (Wildman–Crippen LogP) is 2.59. The maximum Gasteiger partial charge on any atom is 0.253 e. The molecule has 1 fully saturated rings. The lowest BCUT2D eigenvalue weighted by molar-refractivity contribution is -0.129. The first-order chi connectivity index (χ1) is 15.5. The van der Waals surface area contributed by atoms with Crippen LogP contribution < -0.4 is 5.32 Å². The number of fused-ring (bicyclic) bond motifs is 1. The molecule has 2 aliphatic heterocycles. The van der Waals surface area contributed by atoms with Crippen LogP contribution in [0.3, 0.4) is 0 Å². The van der Waals surface area contributed by atoms with Gasteiger partial charge in [-0.15, -0.1) is 0 Å². The number of aromatic nitrogens is 2. The molecule has 1 aromatic heterocycles. The number of nitrogens with one attached hydrogen (secondary N) is 1. The monoisotopic (exact) mass is 437 g/mol.